The van der Waals surface area contributed by atoms with E-state index in [0.29, 0.717) is 28.9 Å². The molecule has 0 atom stereocenters. The quantitative estimate of drug-likeness (QED) is 0.742. The van der Waals surface area contributed by atoms with Gasteiger partial charge < -0.3 is 19.1 Å². The monoisotopic (exact) mass is 346 g/mol. The predicted octanol–water partition coefficient (Wildman–Crippen LogP) is 3.44. The highest BCUT2D eigenvalue weighted by Gasteiger charge is 2.11. The number of rotatable bonds is 6. The van der Waals surface area contributed by atoms with Crippen LogP contribution in [0.5, 0.6) is 11.5 Å². The highest BCUT2D eigenvalue weighted by atomic mass is 35.5. The first-order valence-corrected chi connectivity index (χ1v) is 8.00. The molecule has 126 valence electrons. The molecule has 0 bridgehead atoms. The standard InChI is InChI=1S/C18H19ClN2O3/c1-23-16-6-3-12(9-17(16)24-2)7-8-21-15-10-13(19)4-5-14(15)20-18(21)11-22/h3-6,9-10,22H,7-8,11H2,1-2H3. The summed E-state index contributed by atoms with van der Waals surface area (Å²) in [7, 11) is 3.24. The summed E-state index contributed by atoms with van der Waals surface area (Å²) in [6.45, 7) is 0.570. The Balaban J connectivity index is 1.89. The van der Waals surface area contributed by atoms with E-state index in [4.69, 9.17) is 21.1 Å². The van der Waals surface area contributed by atoms with Gasteiger partial charge in [0.05, 0.1) is 25.3 Å². The SMILES string of the molecule is COc1ccc(CCn2c(CO)nc3ccc(Cl)cc32)cc1OC. The van der Waals surface area contributed by atoms with Crippen molar-refractivity contribution in [3.8, 4) is 11.5 Å². The van der Waals surface area contributed by atoms with Crippen molar-refractivity contribution in [1.29, 1.82) is 0 Å². The summed E-state index contributed by atoms with van der Waals surface area (Å²) >= 11 is 6.10. The van der Waals surface area contributed by atoms with Crippen molar-refractivity contribution in [2.75, 3.05) is 14.2 Å². The van der Waals surface area contributed by atoms with E-state index < -0.39 is 0 Å². The van der Waals surface area contributed by atoms with Crippen molar-refractivity contribution in [2.45, 2.75) is 19.6 Å². The van der Waals surface area contributed by atoms with Crippen LogP contribution in [0.15, 0.2) is 36.4 Å². The first-order valence-electron chi connectivity index (χ1n) is 7.62. The number of aliphatic hydroxyl groups excluding tert-OH is 1. The van der Waals surface area contributed by atoms with Crippen LogP contribution in [0.1, 0.15) is 11.4 Å². The summed E-state index contributed by atoms with van der Waals surface area (Å²) in [5, 5.41) is 10.2. The van der Waals surface area contributed by atoms with Crippen molar-refractivity contribution >= 4 is 22.6 Å². The molecular formula is C18H19ClN2O3. The fraction of sp³-hybridized carbons (Fsp3) is 0.278. The van der Waals surface area contributed by atoms with Gasteiger partial charge in [0.25, 0.3) is 0 Å². The van der Waals surface area contributed by atoms with Gasteiger partial charge in [0.15, 0.2) is 11.5 Å². The van der Waals surface area contributed by atoms with Crippen LogP contribution in [0, 0.1) is 0 Å². The lowest BCUT2D eigenvalue weighted by atomic mass is 10.1. The number of halogens is 1. The lowest BCUT2D eigenvalue weighted by Gasteiger charge is -2.11. The molecule has 0 aliphatic rings. The van der Waals surface area contributed by atoms with Gasteiger partial charge in [-0.1, -0.05) is 17.7 Å². The molecule has 0 spiro atoms. The Labute approximate surface area is 145 Å². The van der Waals surface area contributed by atoms with Gasteiger partial charge in [0.1, 0.15) is 12.4 Å². The number of hydrogen-bond acceptors (Lipinski definition) is 4. The van der Waals surface area contributed by atoms with Gasteiger partial charge >= 0.3 is 0 Å². The number of imidazole rings is 1. The zero-order valence-electron chi connectivity index (χ0n) is 13.6. The second-order valence-electron chi connectivity index (χ2n) is 5.41. The van der Waals surface area contributed by atoms with E-state index in [9.17, 15) is 5.11 Å². The molecule has 0 radical (unpaired) electrons. The fourth-order valence-corrected chi connectivity index (χ4v) is 2.96. The third-order valence-corrected chi connectivity index (χ3v) is 4.24. The summed E-state index contributed by atoms with van der Waals surface area (Å²) in [5.74, 6) is 2.04. The molecule has 24 heavy (non-hydrogen) atoms. The van der Waals surface area contributed by atoms with Crippen LogP contribution in [-0.4, -0.2) is 28.9 Å². The maximum atomic E-state index is 9.58. The molecule has 0 saturated carbocycles. The Morgan fingerprint density at radius 2 is 1.88 bits per heavy atom. The average molecular weight is 347 g/mol. The van der Waals surface area contributed by atoms with Crippen molar-refractivity contribution in [3.05, 3.63) is 52.8 Å². The van der Waals surface area contributed by atoms with E-state index in [2.05, 4.69) is 4.98 Å². The van der Waals surface area contributed by atoms with Crippen molar-refractivity contribution in [2.24, 2.45) is 0 Å². The zero-order valence-corrected chi connectivity index (χ0v) is 14.4. The first kappa shape index (κ1) is 16.6. The minimum atomic E-state index is -0.113. The predicted molar refractivity (Wildman–Crippen MR) is 93.9 cm³/mol. The van der Waals surface area contributed by atoms with E-state index >= 15 is 0 Å². The Morgan fingerprint density at radius 3 is 2.58 bits per heavy atom. The molecule has 1 heterocycles. The van der Waals surface area contributed by atoms with E-state index in [1.807, 2.05) is 34.9 Å². The third-order valence-electron chi connectivity index (χ3n) is 4.00. The molecular weight excluding hydrogens is 328 g/mol. The van der Waals surface area contributed by atoms with Gasteiger partial charge in [0.2, 0.25) is 0 Å². The van der Waals surface area contributed by atoms with E-state index in [1.54, 1.807) is 20.3 Å². The second kappa shape index (κ2) is 7.11. The zero-order chi connectivity index (χ0) is 17.1. The van der Waals surface area contributed by atoms with Gasteiger partial charge in [-0.05, 0) is 42.3 Å². The van der Waals surface area contributed by atoms with Gasteiger partial charge in [-0.2, -0.15) is 0 Å². The number of aliphatic hydroxyl groups is 1. The maximum absolute atomic E-state index is 9.58. The average Bonchev–Trinajstić information content (AvgIpc) is 2.96. The summed E-state index contributed by atoms with van der Waals surface area (Å²) in [6, 6.07) is 11.4. The number of aryl methyl sites for hydroxylation is 2. The van der Waals surface area contributed by atoms with Crippen LogP contribution >= 0.6 is 11.6 Å². The van der Waals surface area contributed by atoms with Crippen molar-refractivity contribution < 1.29 is 14.6 Å². The number of fused-ring (bicyclic) bond motifs is 1. The summed E-state index contributed by atoms with van der Waals surface area (Å²) < 4.78 is 12.6. The molecule has 0 saturated heterocycles. The topological polar surface area (TPSA) is 56.5 Å². The van der Waals surface area contributed by atoms with Crippen LogP contribution in [0.25, 0.3) is 11.0 Å². The maximum Gasteiger partial charge on any atom is 0.160 e. The molecule has 3 rings (SSSR count). The van der Waals surface area contributed by atoms with E-state index in [-0.39, 0.29) is 6.61 Å². The normalized spacial score (nSPS) is 11.0. The largest absolute Gasteiger partial charge is 0.493 e. The van der Waals surface area contributed by atoms with E-state index in [0.717, 1.165) is 23.0 Å². The molecule has 0 unspecified atom stereocenters. The minimum Gasteiger partial charge on any atom is -0.493 e. The number of methoxy groups -OCH3 is 2. The molecule has 2 aromatic carbocycles. The number of aromatic nitrogens is 2. The molecule has 1 N–H and O–H groups in total. The van der Waals surface area contributed by atoms with Crippen LogP contribution in [0.2, 0.25) is 5.02 Å². The van der Waals surface area contributed by atoms with Gasteiger partial charge in [-0.15, -0.1) is 0 Å². The molecule has 5 nitrogen and oxygen atoms in total. The summed E-state index contributed by atoms with van der Waals surface area (Å²) in [6.07, 6.45) is 0.769. The molecule has 3 aromatic rings. The van der Waals surface area contributed by atoms with Gasteiger partial charge in [-0.3, -0.25) is 0 Å². The molecule has 0 aliphatic carbocycles. The van der Waals surface area contributed by atoms with Crippen LogP contribution < -0.4 is 9.47 Å². The fourth-order valence-electron chi connectivity index (χ4n) is 2.79. The Kier molecular flexibility index (Phi) is 4.92. The Bertz CT molecular complexity index is 861. The third kappa shape index (κ3) is 3.18. The summed E-state index contributed by atoms with van der Waals surface area (Å²) in [4.78, 5) is 4.46. The highest BCUT2D eigenvalue weighted by Crippen LogP contribution is 2.28. The second-order valence-corrected chi connectivity index (χ2v) is 5.85. The lowest BCUT2D eigenvalue weighted by Crippen LogP contribution is -2.06. The van der Waals surface area contributed by atoms with Crippen molar-refractivity contribution in [3.63, 3.8) is 0 Å². The number of nitrogens with zero attached hydrogens (tertiary/aromatic N) is 2. The van der Waals surface area contributed by atoms with Crippen LogP contribution in [0.3, 0.4) is 0 Å². The van der Waals surface area contributed by atoms with Crippen LogP contribution in [0.4, 0.5) is 0 Å². The smallest absolute Gasteiger partial charge is 0.160 e. The molecule has 1 aromatic heterocycles. The first-order chi connectivity index (χ1) is 11.7. The van der Waals surface area contributed by atoms with Crippen molar-refractivity contribution in [1.82, 2.24) is 9.55 Å². The molecule has 6 heteroatoms. The molecule has 0 aliphatic heterocycles. The van der Waals surface area contributed by atoms with E-state index in [1.165, 1.54) is 0 Å². The number of hydrogen-bond donors (Lipinski definition) is 1. The number of benzene rings is 2. The Hall–Kier alpha value is -2.24. The minimum absolute atomic E-state index is 0.113. The number of ether oxygens (including phenoxy) is 2. The van der Waals surface area contributed by atoms with Gasteiger partial charge in [-0.25, -0.2) is 4.98 Å². The molecule has 0 amide bonds. The lowest BCUT2D eigenvalue weighted by molar-refractivity contribution is 0.266. The Morgan fingerprint density at radius 1 is 1.08 bits per heavy atom. The van der Waals surface area contributed by atoms with Gasteiger partial charge in [0, 0.05) is 11.6 Å². The highest BCUT2D eigenvalue weighted by molar-refractivity contribution is 6.31. The summed E-state index contributed by atoms with van der Waals surface area (Å²) in [5.41, 5.74) is 2.86. The van der Waals surface area contributed by atoms with Crippen LogP contribution in [-0.2, 0) is 19.6 Å². The molecule has 0 fully saturated rings.